The van der Waals surface area contributed by atoms with Crippen molar-refractivity contribution < 1.29 is 10.3 Å². The maximum atomic E-state index is 9.52. The lowest BCUT2D eigenvalue weighted by Gasteiger charge is -2.25. The lowest BCUT2D eigenvalue weighted by Crippen LogP contribution is -2.31. The zero-order chi connectivity index (χ0) is 12.3. The summed E-state index contributed by atoms with van der Waals surface area (Å²) in [4.78, 5) is 2.15. The number of fused-ring (bicyclic) bond motifs is 1. The van der Waals surface area contributed by atoms with Crippen molar-refractivity contribution in [3.63, 3.8) is 0 Å². The van der Waals surface area contributed by atoms with Crippen LogP contribution in [0.15, 0.2) is 29.4 Å². The molecule has 1 aromatic rings. The zero-order valence-corrected chi connectivity index (χ0v) is 10.0. The van der Waals surface area contributed by atoms with Crippen LogP contribution in [-0.4, -0.2) is 35.2 Å². The van der Waals surface area contributed by atoms with Gasteiger partial charge in [0.2, 0.25) is 0 Å². The van der Waals surface area contributed by atoms with E-state index >= 15 is 0 Å². The molecule has 0 aromatic heterocycles. The van der Waals surface area contributed by atoms with Gasteiger partial charge in [0.25, 0.3) is 0 Å². The third-order valence-electron chi connectivity index (χ3n) is 3.00. The number of benzene rings is 1. The molecule has 0 fully saturated rings. The number of aliphatic hydroxyl groups is 1. The molecule has 0 aliphatic carbocycles. The fraction of sp³-hybridized carbons (Fsp3) is 0.462. The van der Waals surface area contributed by atoms with Gasteiger partial charge in [0.05, 0.1) is 11.8 Å². The van der Waals surface area contributed by atoms with Gasteiger partial charge >= 0.3 is 0 Å². The highest BCUT2D eigenvalue weighted by atomic mass is 16.4. The Morgan fingerprint density at radius 2 is 2.18 bits per heavy atom. The van der Waals surface area contributed by atoms with Gasteiger partial charge in [-0.3, -0.25) is 0 Å². The van der Waals surface area contributed by atoms with Crippen LogP contribution in [0, 0.1) is 0 Å². The molecule has 1 unspecified atom stereocenters. The first-order valence-corrected chi connectivity index (χ1v) is 5.95. The van der Waals surface area contributed by atoms with Crippen LogP contribution < -0.4 is 4.90 Å². The van der Waals surface area contributed by atoms with Gasteiger partial charge in [-0.1, -0.05) is 23.4 Å². The Morgan fingerprint density at radius 3 is 2.88 bits per heavy atom. The van der Waals surface area contributed by atoms with E-state index in [4.69, 9.17) is 5.21 Å². The summed E-state index contributed by atoms with van der Waals surface area (Å²) in [6.07, 6.45) is 1.33. The van der Waals surface area contributed by atoms with Crippen molar-refractivity contribution in [2.75, 3.05) is 18.0 Å². The number of hydrogen-bond acceptors (Lipinski definition) is 4. The first kappa shape index (κ1) is 11.9. The minimum Gasteiger partial charge on any atom is -0.411 e. The third-order valence-corrected chi connectivity index (χ3v) is 3.00. The second kappa shape index (κ2) is 5.19. The number of hydrogen-bond donors (Lipinski definition) is 2. The molecule has 0 saturated carbocycles. The van der Waals surface area contributed by atoms with E-state index in [0.29, 0.717) is 6.54 Å². The van der Waals surface area contributed by atoms with Crippen molar-refractivity contribution in [2.45, 2.75) is 25.9 Å². The monoisotopic (exact) mass is 234 g/mol. The molecular formula is C13H18N2O2. The van der Waals surface area contributed by atoms with Gasteiger partial charge in [0.1, 0.15) is 0 Å². The van der Waals surface area contributed by atoms with Crippen molar-refractivity contribution in [2.24, 2.45) is 5.16 Å². The Balaban J connectivity index is 2.39. The molecule has 0 bridgehead atoms. The zero-order valence-electron chi connectivity index (χ0n) is 10.0. The van der Waals surface area contributed by atoms with E-state index in [-0.39, 0.29) is 6.10 Å². The maximum absolute atomic E-state index is 9.52. The second-order valence-corrected chi connectivity index (χ2v) is 4.46. The van der Waals surface area contributed by atoms with E-state index in [1.165, 1.54) is 0 Å². The first-order chi connectivity index (χ1) is 8.22. The Labute approximate surface area is 101 Å². The molecule has 1 atom stereocenters. The summed E-state index contributed by atoms with van der Waals surface area (Å²) < 4.78 is 0. The Morgan fingerprint density at radius 1 is 1.41 bits per heavy atom. The van der Waals surface area contributed by atoms with Crippen molar-refractivity contribution in [3.8, 4) is 0 Å². The molecule has 1 aliphatic rings. The fourth-order valence-corrected chi connectivity index (χ4v) is 2.30. The van der Waals surface area contributed by atoms with Crippen molar-refractivity contribution in [1.29, 1.82) is 0 Å². The number of oxime groups is 1. The summed E-state index contributed by atoms with van der Waals surface area (Å²) >= 11 is 0. The summed E-state index contributed by atoms with van der Waals surface area (Å²) in [5.41, 5.74) is 2.74. The normalized spacial score (nSPS) is 19.9. The Bertz CT molecular complexity index is 416. The molecule has 4 heteroatoms. The van der Waals surface area contributed by atoms with E-state index < -0.39 is 0 Å². The average molecular weight is 234 g/mol. The highest BCUT2D eigenvalue weighted by molar-refractivity contribution is 6.05. The van der Waals surface area contributed by atoms with E-state index in [9.17, 15) is 5.11 Å². The SMILES string of the molecule is CC(O)CN1CCC/C(=N/O)c2ccccc21. The largest absolute Gasteiger partial charge is 0.411 e. The number of rotatable bonds is 2. The molecule has 2 N–H and O–H groups in total. The third kappa shape index (κ3) is 2.58. The lowest BCUT2D eigenvalue weighted by atomic mass is 10.1. The van der Waals surface area contributed by atoms with Crippen LogP contribution in [-0.2, 0) is 0 Å². The molecule has 2 rings (SSSR count). The number of para-hydroxylation sites is 1. The van der Waals surface area contributed by atoms with E-state index in [1.807, 2.05) is 24.3 Å². The molecular weight excluding hydrogens is 216 g/mol. The molecule has 1 aromatic carbocycles. The van der Waals surface area contributed by atoms with Gasteiger partial charge in [-0.05, 0) is 25.8 Å². The van der Waals surface area contributed by atoms with Gasteiger partial charge in [-0.15, -0.1) is 0 Å². The van der Waals surface area contributed by atoms with Gasteiger partial charge in [-0.25, -0.2) is 0 Å². The van der Waals surface area contributed by atoms with Gasteiger partial charge in [0.15, 0.2) is 0 Å². The molecule has 1 heterocycles. The number of aliphatic hydroxyl groups excluding tert-OH is 1. The van der Waals surface area contributed by atoms with Crippen molar-refractivity contribution >= 4 is 11.4 Å². The highest BCUT2D eigenvalue weighted by Gasteiger charge is 2.20. The van der Waals surface area contributed by atoms with Crippen molar-refractivity contribution in [1.82, 2.24) is 0 Å². The van der Waals surface area contributed by atoms with Crippen LogP contribution in [0.4, 0.5) is 5.69 Å². The van der Waals surface area contributed by atoms with Crippen molar-refractivity contribution in [3.05, 3.63) is 29.8 Å². The molecule has 0 amide bonds. The highest BCUT2D eigenvalue weighted by Crippen LogP contribution is 2.26. The fourth-order valence-electron chi connectivity index (χ4n) is 2.30. The van der Waals surface area contributed by atoms with Gasteiger partial charge in [-0.2, -0.15) is 0 Å². The van der Waals surface area contributed by atoms with Crippen LogP contribution in [0.25, 0.3) is 0 Å². The summed E-state index contributed by atoms with van der Waals surface area (Å²) in [6, 6.07) is 7.88. The summed E-state index contributed by atoms with van der Waals surface area (Å²) in [5, 5.41) is 22.0. The molecule has 92 valence electrons. The summed E-state index contributed by atoms with van der Waals surface area (Å²) in [5.74, 6) is 0. The van der Waals surface area contributed by atoms with E-state index in [1.54, 1.807) is 6.92 Å². The molecule has 1 aliphatic heterocycles. The summed E-state index contributed by atoms with van der Waals surface area (Å²) in [6.45, 7) is 3.27. The molecule has 17 heavy (non-hydrogen) atoms. The van der Waals surface area contributed by atoms with E-state index in [2.05, 4.69) is 10.1 Å². The van der Waals surface area contributed by atoms with Crippen LogP contribution in [0.2, 0.25) is 0 Å². The number of β-amino-alcohol motifs (C(OH)–C–C–N with tert-alkyl or cyclic N) is 1. The van der Waals surface area contributed by atoms with Crippen LogP contribution >= 0.6 is 0 Å². The smallest absolute Gasteiger partial charge is 0.0889 e. The van der Waals surface area contributed by atoms with Crippen LogP contribution in [0.1, 0.15) is 25.3 Å². The minimum atomic E-state index is -0.365. The Hall–Kier alpha value is -1.55. The predicted molar refractivity (Wildman–Crippen MR) is 67.9 cm³/mol. The minimum absolute atomic E-state index is 0.365. The standard InChI is InChI=1S/C13H18N2O2/c1-10(16)9-15-8-4-6-12(14-17)11-5-2-3-7-13(11)15/h2-3,5,7,10,16-17H,4,6,8-9H2,1H3/b14-12-. The van der Waals surface area contributed by atoms with Gasteiger partial charge in [0, 0.05) is 24.3 Å². The summed E-state index contributed by atoms with van der Waals surface area (Å²) in [7, 11) is 0. The molecule has 0 spiro atoms. The molecule has 4 nitrogen and oxygen atoms in total. The van der Waals surface area contributed by atoms with Gasteiger partial charge < -0.3 is 15.2 Å². The predicted octanol–water partition coefficient (Wildman–Crippen LogP) is 1.85. The topological polar surface area (TPSA) is 56.1 Å². The number of nitrogens with zero attached hydrogens (tertiary/aromatic N) is 2. The van der Waals surface area contributed by atoms with Crippen LogP contribution in [0.5, 0.6) is 0 Å². The Kier molecular flexibility index (Phi) is 3.64. The second-order valence-electron chi connectivity index (χ2n) is 4.46. The maximum Gasteiger partial charge on any atom is 0.0889 e. The quantitative estimate of drug-likeness (QED) is 0.606. The lowest BCUT2D eigenvalue weighted by molar-refractivity contribution is 0.200. The molecule has 0 radical (unpaired) electrons. The number of anilines is 1. The van der Waals surface area contributed by atoms with E-state index in [0.717, 1.165) is 36.3 Å². The van der Waals surface area contributed by atoms with Crippen LogP contribution in [0.3, 0.4) is 0 Å². The molecule has 0 saturated heterocycles. The first-order valence-electron chi connectivity index (χ1n) is 5.95. The average Bonchev–Trinajstić information content (AvgIpc) is 2.49.